The van der Waals surface area contributed by atoms with Gasteiger partial charge in [-0.05, 0) is 36.0 Å². The van der Waals surface area contributed by atoms with E-state index < -0.39 is 0 Å². The summed E-state index contributed by atoms with van der Waals surface area (Å²) < 4.78 is 14.6. The SMILES string of the molecule is COc1cc(CNn2c(-c3ccccc3)n[nH]c2=S)c(Br)cc1OCc1ccccc1Cl. The molecule has 0 aliphatic carbocycles. The van der Waals surface area contributed by atoms with Crippen molar-refractivity contribution < 1.29 is 9.47 Å². The van der Waals surface area contributed by atoms with Crippen molar-refractivity contribution in [3.63, 3.8) is 0 Å². The fourth-order valence-electron chi connectivity index (χ4n) is 3.14. The van der Waals surface area contributed by atoms with Crippen LogP contribution in [0.1, 0.15) is 11.1 Å². The first-order valence-corrected chi connectivity index (χ1v) is 11.3. The van der Waals surface area contributed by atoms with E-state index in [1.54, 1.807) is 11.8 Å². The first-order valence-electron chi connectivity index (χ1n) is 9.76. The number of nitrogens with zero attached hydrogens (tertiary/aromatic N) is 2. The van der Waals surface area contributed by atoms with E-state index in [9.17, 15) is 0 Å². The molecule has 0 fully saturated rings. The Morgan fingerprint density at radius 2 is 1.81 bits per heavy atom. The minimum absolute atomic E-state index is 0.338. The Morgan fingerprint density at radius 1 is 1.06 bits per heavy atom. The topological polar surface area (TPSA) is 64.1 Å². The highest BCUT2D eigenvalue weighted by atomic mass is 79.9. The monoisotopic (exact) mass is 530 g/mol. The lowest BCUT2D eigenvalue weighted by molar-refractivity contribution is 0.284. The van der Waals surface area contributed by atoms with Crippen molar-refractivity contribution in [3.8, 4) is 22.9 Å². The molecule has 0 amide bonds. The molecule has 1 aromatic heterocycles. The molecule has 0 saturated carbocycles. The van der Waals surface area contributed by atoms with Crippen molar-refractivity contribution in [1.29, 1.82) is 0 Å². The number of hydrogen-bond acceptors (Lipinski definition) is 5. The fraction of sp³-hybridized carbons (Fsp3) is 0.130. The lowest BCUT2D eigenvalue weighted by Gasteiger charge is -2.16. The molecule has 0 bridgehead atoms. The summed E-state index contributed by atoms with van der Waals surface area (Å²) in [7, 11) is 1.61. The number of H-pyrrole nitrogens is 1. The maximum atomic E-state index is 6.23. The van der Waals surface area contributed by atoms with E-state index in [-0.39, 0.29) is 0 Å². The Morgan fingerprint density at radius 3 is 2.56 bits per heavy atom. The van der Waals surface area contributed by atoms with Crippen LogP contribution in [0.3, 0.4) is 0 Å². The van der Waals surface area contributed by atoms with Gasteiger partial charge in [-0.2, -0.15) is 5.10 Å². The van der Waals surface area contributed by atoms with Crippen LogP contribution in [0.2, 0.25) is 5.02 Å². The molecule has 0 aliphatic rings. The van der Waals surface area contributed by atoms with Crippen molar-refractivity contribution >= 4 is 39.7 Å². The van der Waals surface area contributed by atoms with E-state index in [2.05, 4.69) is 31.6 Å². The van der Waals surface area contributed by atoms with Gasteiger partial charge in [-0.3, -0.25) is 0 Å². The smallest absolute Gasteiger partial charge is 0.214 e. The van der Waals surface area contributed by atoms with E-state index in [1.165, 1.54) is 0 Å². The van der Waals surface area contributed by atoms with Gasteiger partial charge in [0, 0.05) is 20.6 Å². The number of hydrogen-bond donors (Lipinski definition) is 2. The zero-order chi connectivity index (χ0) is 22.5. The van der Waals surface area contributed by atoms with Gasteiger partial charge in [-0.25, -0.2) is 9.77 Å². The van der Waals surface area contributed by atoms with Crippen molar-refractivity contribution in [3.05, 3.63) is 92.1 Å². The molecule has 4 rings (SSSR count). The van der Waals surface area contributed by atoms with Gasteiger partial charge >= 0.3 is 0 Å². The largest absolute Gasteiger partial charge is 0.493 e. The van der Waals surface area contributed by atoms with Crippen molar-refractivity contribution in [2.24, 2.45) is 0 Å². The first kappa shape index (κ1) is 22.4. The van der Waals surface area contributed by atoms with Crippen LogP contribution in [0.25, 0.3) is 11.4 Å². The Balaban J connectivity index is 1.53. The van der Waals surface area contributed by atoms with Crippen LogP contribution in [-0.2, 0) is 13.2 Å². The molecular formula is C23H20BrClN4O2S. The summed E-state index contributed by atoms with van der Waals surface area (Å²) in [6.45, 7) is 0.820. The van der Waals surface area contributed by atoms with E-state index in [0.717, 1.165) is 21.2 Å². The molecular weight excluding hydrogens is 512 g/mol. The summed E-state index contributed by atoms with van der Waals surface area (Å²) in [4.78, 5) is 0. The molecule has 0 saturated heterocycles. The summed E-state index contributed by atoms with van der Waals surface area (Å²) in [6, 6.07) is 21.2. The van der Waals surface area contributed by atoms with Gasteiger partial charge in [0.25, 0.3) is 0 Å². The number of aromatic nitrogens is 3. The summed E-state index contributed by atoms with van der Waals surface area (Å²) in [5, 5.41) is 7.85. The molecule has 32 heavy (non-hydrogen) atoms. The predicted octanol–water partition coefficient (Wildman–Crippen LogP) is 6.35. The van der Waals surface area contributed by atoms with Gasteiger partial charge in [-0.15, -0.1) is 0 Å². The number of methoxy groups -OCH3 is 1. The van der Waals surface area contributed by atoms with Gasteiger partial charge in [0.2, 0.25) is 4.77 Å². The minimum atomic E-state index is 0.338. The van der Waals surface area contributed by atoms with Crippen LogP contribution in [0, 0.1) is 4.77 Å². The van der Waals surface area contributed by atoms with E-state index in [0.29, 0.717) is 40.3 Å². The zero-order valence-electron chi connectivity index (χ0n) is 17.1. The molecule has 1 heterocycles. The van der Waals surface area contributed by atoms with Gasteiger partial charge in [0.05, 0.1) is 13.7 Å². The third-order valence-electron chi connectivity index (χ3n) is 4.81. The summed E-state index contributed by atoms with van der Waals surface area (Å²) in [5.41, 5.74) is 6.15. The number of halogens is 2. The minimum Gasteiger partial charge on any atom is -0.493 e. The maximum Gasteiger partial charge on any atom is 0.214 e. The second-order valence-corrected chi connectivity index (χ2v) is 8.51. The van der Waals surface area contributed by atoms with Gasteiger partial charge in [0.15, 0.2) is 17.3 Å². The van der Waals surface area contributed by atoms with Crippen LogP contribution >= 0.6 is 39.7 Å². The van der Waals surface area contributed by atoms with Crippen LogP contribution in [0.4, 0.5) is 0 Å². The molecule has 0 unspecified atom stereocenters. The highest BCUT2D eigenvalue weighted by Gasteiger charge is 2.13. The zero-order valence-corrected chi connectivity index (χ0v) is 20.3. The van der Waals surface area contributed by atoms with Crippen LogP contribution < -0.4 is 14.9 Å². The molecule has 0 radical (unpaired) electrons. The molecule has 2 N–H and O–H groups in total. The number of rotatable bonds is 8. The van der Waals surface area contributed by atoms with Crippen molar-refractivity contribution in [1.82, 2.24) is 14.9 Å². The van der Waals surface area contributed by atoms with Gasteiger partial charge in [0.1, 0.15) is 6.61 Å². The molecule has 3 aromatic carbocycles. The normalized spacial score (nSPS) is 10.7. The first-order chi connectivity index (χ1) is 15.6. The van der Waals surface area contributed by atoms with Crippen LogP contribution in [0.5, 0.6) is 11.5 Å². The van der Waals surface area contributed by atoms with Crippen molar-refractivity contribution in [2.45, 2.75) is 13.2 Å². The molecule has 4 aromatic rings. The van der Waals surface area contributed by atoms with E-state index >= 15 is 0 Å². The Hall–Kier alpha value is -2.81. The second kappa shape index (κ2) is 10.2. The molecule has 0 atom stereocenters. The lowest BCUT2D eigenvalue weighted by atomic mass is 10.2. The summed E-state index contributed by atoms with van der Waals surface area (Å²) >= 11 is 15.3. The molecule has 6 nitrogen and oxygen atoms in total. The molecule has 9 heteroatoms. The third kappa shape index (κ3) is 4.98. The number of nitrogens with one attached hydrogen (secondary N) is 2. The third-order valence-corrected chi connectivity index (χ3v) is 6.19. The van der Waals surface area contributed by atoms with E-state index in [1.807, 2.05) is 66.7 Å². The van der Waals surface area contributed by atoms with Gasteiger partial charge in [-0.1, -0.05) is 76.1 Å². The second-order valence-electron chi connectivity index (χ2n) is 6.86. The van der Waals surface area contributed by atoms with Crippen LogP contribution in [0.15, 0.2) is 71.2 Å². The predicted molar refractivity (Wildman–Crippen MR) is 132 cm³/mol. The number of ether oxygens (including phenoxy) is 2. The molecule has 0 spiro atoms. The molecule has 164 valence electrons. The average Bonchev–Trinajstić information content (AvgIpc) is 3.18. The number of aromatic amines is 1. The highest BCUT2D eigenvalue weighted by Crippen LogP contribution is 2.34. The van der Waals surface area contributed by atoms with E-state index in [4.69, 9.17) is 33.3 Å². The Bertz CT molecular complexity index is 1280. The quantitative estimate of drug-likeness (QED) is 0.259. The van der Waals surface area contributed by atoms with Crippen LogP contribution in [-0.4, -0.2) is 22.0 Å². The lowest BCUT2D eigenvalue weighted by Crippen LogP contribution is -2.16. The fourth-order valence-corrected chi connectivity index (χ4v) is 3.99. The maximum absolute atomic E-state index is 6.23. The Labute approximate surface area is 204 Å². The number of benzene rings is 3. The van der Waals surface area contributed by atoms with Gasteiger partial charge < -0.3 is 14.9 Å². The van der Waals surface area contributed by atoms with Crippen molar-refractivity contribution in [2.75, 3.05) is 12.5 Å². The molecule has 0 aliphatic heterocycles. The summed E-state index contributed by atoms with van der Waals surface area (Å²) in [6.07, 6.45) is 0. The summed E-state index contributed by atoms with van der Waals surface area (Å²) in [5.74, 6) is 1.95. The highest BCUT2D eigenvalue weighted by molar-refractivity contribution is 9.10. The Kier molecular flexibility index (Phi) is 7.14. The average molecular weight is 532 g/mol. The standard InChI is InChI=1S/C23H20BrClN4O2S/c1-30-20-11-17(18(24)12-21(20)31-14-16-9-5-6-10-19(16)25)13-26-29-22(27-28-23(29)32)15-7-3-2-4-8-15/h2-12,26H,13-14H2,1H3,(H,28,32).